The summed E-state index contributed by atoms with van der Waals surface area (Å²) in [6.45, 7) is 2.25. The number of aromatic amines is 2. The highest BCUT2D eigenvalue weighted by Gasteiger charge is 2.04. The van der Waals surface area contributed by atoms with Crippen molar-refractivity contribution in [1.29, 1.82) is 0 Å². The predicted octanol–water partition coefficient (Wildman–Crippen LogP) is 6.08. The Bertz CT molecular complexity index is 689. The fourth-order valence-electron chi connectivity index (χ4n) is 2.93. The number of hydrogen-bond donors (Lipinski definition) is 3. The number of anilines is 1. The molecule has 0 atom stereocenters. The van der Waals surface area contributed by atoms with Gasteiger partial charge in [-0.25, -0.2) is 0 Å². The highest BCUT2D eigenvalue weighted by Crippen LogP contribution is 2.17. The molecular weight excluding hydrogens is 318 g/mol. The summed E-state index contributed by atoms with van der Waals surface area (Å²) >= 11 is 5.07. The summed E-state index contributed by atoms with van der Waals surface area (Å²) in [7, 11) is 0. The second-order valence-corrected chi connectivity index (χ2v) is 6.87. The number of hydrogen-bond acceptors (Lipinski definition) is 2. The number of carbonyl (C=O) groups excluding carboxylic acids is 1. The van der Waals surface area contributed by atoms with E-state index in [9.17, 15) is 4.79 Å². The van der Waals surface area contributed by atoms with Crippen molar-refractivity contribution in [1.82, 2.24) is 9.97 Å². The van der Waals surface area contributed by atoms with Crippen molar-refractivity contribution in [2.45, 2.75) is 71.1 Å². The second kappa shape index (κ2) is 10.3. The quantitative estimate of drug-likeness (QED) is 0.340. The molecule has 2 aromatic rings. The number of benzene rings is 1. The molecule has 5 heteroatoms. The van der Waals surface area contributed by atoms with E-state index in [1.807, 2.05) is 18.2 Å². The number of rotatable bonds is 11. The Kier molecular flexibility index (Phi) is 8.02. The van der Waals surface area contributed by atoms with E-state index in [4.69, 9.17) is 12.2 Å². The van der Waals surface area contributed by atoms with Crippen molar-refractivity contribution >= 4 is 34.8 Å². The fraction of sp³-hybridized carbons (Fsp3) is 0.579. The van der Waals surface area contributed by atoms with E-state index >= 15 is 0 Å². The summed E-state index contributed by atoms with van der Waals surface area (Å²) in [6, 6.07) is 5.74. The lowest BCUT2D eigenvalue weighted by Gasteiger charge is -2.05. The van der Waals surface area contributed by atoms with Crippen LogP contribution in [0.4, 0.5) is 5.69 Å². The van der Waals surface area contributed by atoms with Gasteiger partial charge in [-0.3, -0.25) is 4.79 Å². The van der Waals surface area contributed by atoms with Gasteiger partial charge < -0.3 is 15.3 Å². The molecule has 0 bridgehead atoms. The van der Waals surface area contributed by atoms with Gasteiger partial charge in [0.1, 0.15) is 0 Å². The van der Waals surface area contributed by atoms with Crippen LogP contribution in [0, 0.1) is 4.77 Å². The number of fused-ring (bicyclic) bond motifs is 1. The van der Waals surface area contributed by atoms with E-state index in [-0.39, 0.29) is 5.91 Å². The van der Waals surface area contributed by atoms with Gasteiger partial charge in [-0.1, -0.05) is 58.3 Å². The molecular formula is C19H29N3OS. The van der Waals surface area contributed by atoms with Crippen LogP contribution in [0.5, 0.6) is 0 Å². The lowest BCUT2D eigenvalue weighted by Crippen LogP contribution is -2.10. The Hall–Kier alpha value is -1.62. The minimum Gasteiger partial charge on any atom is -0.331 e. The van der Waals surface area contributed by atoms with Crippen LogP contribution in [-0.4, -0.2) is 15.9 Å². The van der Waals surface area contributed by atoms with Crippen molar-refractivity contribution in [3.8, 4) is 0 Å². The first-order chi connectivity index (χ1) is 11.7. The maximum atomic E-state index is 12.0. The molecule has 24 heavy (non-hydrogen) atoms. The first-order valence-corrected chi connectivity index (χ1v) is 9.62. The number of amides is 1. The van der Waals surface area contributed by atoms with Crippen LogP contribution in [0.25, 0.3) is 11.0 Å². The molecule has 1 aromatic carbocycles. The minimum atomic E-state index is 0.0893. The summed E-state index contributed by atoms with van der Waals surface area (Å²) in [5.41, 5.74) is 2.69. The number of H-pyrrole nitrogens is 2. The van der Waals surface area contributed by atoms with Crippen molar-refractivity contribution in [2.24, 2.45) is 0 Å². The SMILES string of the molecule is CCCCCCCCCCCC(=O)Nc1ccc2[nH]c(=S)[nH]c2c1. The largest absolute Gasteiger partial charge is 0.331 e. The van der Waals surface area contributed by atoms with Gasteiger partial charge in [-0.2, -0.15) is 0 Å². The highest BCUT2D eigenvalue weighted by atomic mass is 32.1. The molecule has 0 radical (unpaired) electrons. The van der Waals surface area contributed by atoms with Crippen molar-refractivity contribution in [3.63, 3.8) is 0 Å². The van der Waals surface area contributed by atoms with Crippen LogP contribution in [0.15, 0.2) is 18.2 Å². The number of imidazole rings is 1. The zero-order chi connectivity index (χ0) is 17.2. The molecule has 0 saturated heterocycles. The van der Waals surface area contributed by atoms with Gasteiger partial charge in [0.15, 0.2) is 4.77 Å². The van der Waals surface area contributed by atoms with E-state index in [0.29, 0.717) is 11.2 Å². The van der Waals surface area contributed by atoms with E-state index < -0.39 is 0 Å². The first-order valence-electron chi connectivity index (χ1n) is 9.21. The Morgan fingerprint density at radius 2 is 1.58 bits per heavy atom. The summed E-state index contributed by atoms with van der Waals surface area (Å²) in [5, 5.41) is 2.96. The van der Waals surface area contributed by atoms with E-state index in [0.717, 1.165) is 29.6 Å². The Balaban J connectivity index is 1.60. The third-order valence-corrected chi connectivity index (χ3v) is 4.51. The average molecular weight is 348 g/mol. The fourth-order valence-corrected chi connectivity index (χ4v) is 3.15. The molecule has 0 fully saturated rings. The van der Waals surface area contributed by atoms with E-state index in [1.54, 1.807) is 0 Å². The Labute approximate surface area is 149 Å². The normalized spacial score (nSPS) is 11.0. The first kappa shape index (κ1) is 18.7. The summed E-state index contributed by atoms with van der Waals surface area (Å²) < 4.78 is 0.600. The summed E-state index contributed by atoms with van der Waals surface area (Å²) in [5.74, 6) is 0.0893. The average Bonchev–Trinajstić information content (AvgIpc) is 2.92. The molecule has 1 aromatic heterocycles. The van der Waals surface area contributed by atoms with Crippen LogP contribution in [-0.2, 0) is 4.79 Å². The number of carbonyl (C=O) groups is 1. The van der Waals surface area contributed by atoms with Gasteiger partial charge in [0.25, 0.3) is 0 Å². The third kappa shape index (κ3) is 6.48. The summed E-state index contributed by atoms with van der Waals surface area (Å²) in [4.78, 5) is 18.1. The van der Waals surface area contributed by atoms with E-state index in [2.05, 4.69) is 22.2 Å². The van der Waals surface area contributed by atoms with Crippen LogP contribution in [0.1, 0.15) is 71.1 Å². The van der Waals surface area contributed by atoms with Crippen molar-refractivity contribution in [3.05, 3.63) is 23.0 Å². The monoisotopic (exact) mass is 347 g/mol. The maximum absolute atomic E-state index is 12.0. The van der Waals surface area contributed by atoms with Gasteiger partial charge in [-0.15, -0.1) is 0 Å². The molecule has 0 aliphatic heterocycles. The van der Waals surface area contributed by atoms with Gasteiger partial charge in [0, 0.05) is 12.1 Å². The topological polar surface area (TPSA) is 60.7 Å². The molecule has 0 spiro atoms. The van der Waals surface area contributed by atoms with Gasteiger partial charge in [-0.05, 0) is 36.8 Å². The third-order valence-electron chi connectivity index (χ3n) is 4.31. The Morgan fingerprint density at radius 3 is 2.29 bits per heavy atom. The standard InChI is InChI=1S/C19H29N3OS/c1-2-3-4-5-6-7-8-9-10-11-18(23)20-15-12-13-16-17(14-15)22-19(24)21-16/h12-14H,2-11H2,1H3,(H,20,23)(H2,21,22,24). The molecule has 1 amide bonds. The number of aromatic nitrogens is 2. The zero-order valence-electron chi connectivity index (χ0n) is 14.6. The summed E-state index contributed by atoms with van der Waals surface area (Å²) in [6.07, 6.45) is 12.0. The minimum absolute atomic E-state index is 0.0893. The van der Waals surface area contributed by atoms with E-state index in [1.165, 1.54) is 44.9 Å². The van der Waals surface area contributed by atoms with Gasteiger partial charge in [0.05, 0.1) is 11.0 Å². The number of unbranched alkanes of at least 4 members (excludes halogenated alkanes) is 8. The molecule has 0 unspecified atom stereocenters. The molecule has 3 N–H and O–H groups in total. The van der Waals surface area contributed by atoms with Crippen LogP contribution in [0.2, 0.25) is 0 Å². The number of nitrogens with one attached hydrogen (secondary N) is 3. The van der Waals surface area contributed by atoms with Crippen molar-refractivity contribution < 1.29 is 4.79 Å². The van der Waals surface area contributed by atoms with Crippen molar-refractivity contribution in [2.75, 3.05) is 5.32 Å². The Morgan fingerprint density at radius 1 is 0.958 bits per heavy atom. The molecule has 0 saturated carbocycles. The van der Waals surface area contributed by atoms with Gasteiger partial charge >= 0.3 is 0 Å². The maximum Gasteiger partial charge on any atom is 0.224 e. The lowest BCUT2D eigenvalue weighted by molar-refractivity contribution is -0.116. The molecule has 0 aliphatic rings. The zero-order valence-corrected chi connectivity index (χ0v) is 15.4. The molecule has 4 nitrogen and oxygen atoms in total. The highest BCUT2D eigenvalue weighted by molar-refractivity contribution is 7.71. The molecule has 1 heterocycles. The molecule has 0 aliphatic carbocycles. The molecule has 2 rings (SSSR count). The second-order valence-electron chi connectivity index (χ2n) is 6.47. The molecule has 132 valence electrons. The lowest BCUT2D eigenvalue weighted by atomic mass is 10.1. The van der Waals surface area contributed by atoms with Crippen LogP contribution < -0.4 is 5.32 Å². The van der Waals surface area contributed by atoms with Crippen LogP contribution >= 0.6 is 12.2 Å². The predicted molar refractivity (Wildman–Crippen MR) is 104 cm³/mol. The van der Waals surface area contributed by atoms with Gasteiger partial charge in [0.2, 0.25) is 5.91 Å². The van der Waals surface area contributed by atoms with Crippen LogP contribution in [0.3, 0.4) is 0 Å². The smallest absolute Gasteiger partial charge is 0.224 e.